The second-order valence-corrected chi connectivity index (χ2v) is 16.6. The van der Waals surface area contributed by atoms with Crippen LogP contribution >= 0.6 is 0 Å². The summed E-state index contributed by atoms with van der Waals surface area (Å²) in [5.41, 5.74) is 5.98. The second kappa shape index (κ2) is 17.4. The third-order valence-corrected chi connectivity index (χ3v) is 13.0. The number of unbranched alkanes of at least 4 members (excludes halogenated alkanes) is 1. The average molecular weight is 647 g/mol. The fourth-order valence-corrected chi connectivity index (χ4v) is 10.0. The Morgan fingerprint density at radius 2 is 1.39 bits per heavy atom. The molecule has 4 aliphatic rings. The van der Waals surface area contributed by atoms with Gasteiger partial charge in [-0.2, -0.15) is 0 Å². The number of nitrogens with one attached hydrogen (secondary N) is 3. The lowest BCUT2D eigenvalue weighted by Gasteiger charge is -2.62. The molecule has 0 saturated heterocycles. The molecule has 8 nitrogen and oxygen atoms in total. The Hall–Kier alpha value is -1.22. The van der Waals surface area contributed by atoms with Crippen LogP contribution in [0.15, 0.2) is 0 Å². The first-order valence-corrected chi connectivity index (χ1v) is 19.2. The Balaban J connectivity index is 1.31. The molecule has 9 atom stereocenters. The van der Waals surface area contributed by atoms with Gasteiger partial charge in [-0.25, -0.2) is 0 Å². The monoisotopic (exact) mass is 647 g/mol. The fourth-order valence-electron chi connectivity index (χ4n) is 10.0. The van der Waals surface area contributed by atoms with Gasteiger partial charge >= 0.3 is 11.9 Å². The van der Waals surface area contributed by atoms with E-state index in [-0.39, 0.29) is 35.3 Å². The van der Waals surface area contributed by atoms with Gasteiger partial charge in [0.15, 0.2) is 0 Å². The first kappa shape index (κ1) is 37.6. The van der Waals surface area contributed by atoms with Crippen LogP contribution in [0.4, 0.5) is 0 Å². The summed E-state index contributed by atoms with van der Waals surface area (Å²) >= 11 is 0. The van der Waals surface area contributed by atoms with Gasteiger partial charge in [-0.05, 0) is 151 Å². The van der Waals surface area contributed by atoms with Crippen molar-refractivity contribution in [2.24, 2.45) is 58.0 Å². The fraction of sp³-hybridized carbons (Fsp3) is 0.947. The molecule has 46 heavy (non-hydrogen) atoms. The van der Waals surface area contributed by atoms with Gasteiger partial charge in [0, 0.05) is 12.0 Å². The smallest absolute Gasteiger partial charge is 0.308 e. The van der Waals surface area contributed by atoms with Gasteiger partial charge < -0.3 is 31.2 Å². The lowest BCUT2D eigenvalue weighted by Crippen LogP contribution is -2.60. The molecule has 8 heteroatoms. The Morgan fingerprint density at radius 3 is 2.07 bits per heavy atom. The van der Waals surface area contributed by atoms with Crippen molar-refractivity contribution in [2.45, 2.75) is 131 Å². The van der Waals surface area contributed by atoms with Crippen molar-refractivity contribution in [1.82, 2.24) is 16.0 Å². The van der Waals surface area contributed by atoms with Crippen molar-refractivity contribution in [1.29, 1.82) is 0 Å². The van der Waals surface area contributed by atoms with Gasteiger partial charge in [-0.15, -0.1) is 0 Å². The summed E-state index contributed by atoms with van der Waals surface area (Å²) < 4.78 is 12.3. The highest BCUT2D eigenvalue weighted by atomic mass is 16.5. The second-order valence-electron chi connectivity index (χ2n) is 16.6. The summed E-state index contributed by atoms with van der Waals surface area (Å²) in [5, 5.41) is 11.0. The van der Waals surface area contributed by atoms with E-state index < -0.39 is 0 Å². The molecule has 0 bridgehead atoms. The zero-order valence-corrected chi connectivity index (χ0v) is 30.3. The van der Waals surface area contributed by atoms with Crippen molar-refractivity contribution in [3.8, 4) is 0 Å². The quantitative estimate of drug-likeness (QED) is 0.111. The van der Waals surface area contributed by atoms with E-state index in [0.29, 0.717) is 47.7 Å². The predicted octanol–water partition coefficient (Wildman–Crippen LogP) is 5.68. The zero-order valence-electron chi connectivity index (χ0n) is 30.3. The molecular formula is C38H70N4O4. The Bertz CT molecular complexity index is 961. The van der Waals surface area contributed by atoms with Crippen molar-refractivity contribution in [2.75, 3.05) is 45.9 Å². The molecule has 0 aromatic rings. The molecule has 0 radical (unpaired) electrons. The molecule has 0 aromatic heterocycles. The Morgan fingerprint density at radius 1 is 0.761 bits per heavy atom. The van der Waals surface area contributed by atoms with Gasteiger partial charge in [0.2, 0.25) is 0 Å². The third kappa shape index (κ3) is 9.06. The number of esters is 2. The van der Waals surface area contributed by atoms with Gasteiger partial charge in [0.05, 0.1) is 18.4 Å². The first-order chi connectivity index (χ1) is 22.0. The van der Waals surface area contributed by atoms with E-state index in [9.17, 15) is 9.59 Å². The molecular weight excluding hydrogens is 576 g/mol. The number of nitrogens with two attached hydrogens (primary N) is 1. The number of fused-ring (bicyclic) bond motifs is 5. The van der Waals surface area contributed by atoms with E-state index in [1.165, 1.54) is 44.9 Å². The molecule has 4 saturated carbocycles. The van der Waals surface area contributed by atoms with E-state index in [0.717, 1.165) is 71.4 Å². The number of ether oxygens (including phenoxy) is 2. The third-order valence-electron chi connectivity index (χ3n) is 13.0. The maximum absolute atomic E-state index is 13.1. The molecule has 5 unspecified atom stereocenters. The topological polar surface area (TPSA) is 115 Å². The van der Waals surface area contributed by atoms with Crippen LogP contribution < -0.4 is 21.7 Å². The highest BCUT2D eigenvalue weighted by molar-refractivity contribution is 5.72. The molecule has 4 fully saturated rings. The van der Waals surface area contributed by atoms with E-state index in [4.69, 9.17) is 15.2 Å². The molecule has 0 amide bonds. The van der Waals surface area contributed by atoms with Gasteiger partial charge in [-0.1, -0.05) is 41.5 Å². The summed E-state index contributed by atoms with van der Waals surface area (Å²) in [7, 11) is 0. The lowest BCUT2D eigenvalue weighted by atomic mass is 9.44. The van der Waals surface area contributed by atoms with Crippen LogP contribution in [-0.2, 0) is 19.1 Å². The predicted molar refractivity (Wildman–Crippen MR) is 186 cm³/mol. The highest BCUT2D eigenvalue weighted by Crippen LogP contribution is 2.67. The van der Waals surface area contributed by atoms with E-state index in [1.54, 1.807) is 0 Å². The number of carbonyl (C=O) groups is 2. The van der Waals surface area contributed by atoms with Gasteiger partial charge in [0.1, 0.15) is 6.10 Å². The van der Waals surface area contributed by atoms with Crippen LogP contribution in [0.25, 0.3) is 0 Å². The standard InChI is InChI=1S/C38H70N4O4/c1-26(2)35(43)45-25-28-11-12-31-34-32(14-16-37(28,31)5)38(6)15-13-30(23-29(38)24-33(34)46-36(44)27(3)4)42-22-10-21-41-19-8-7-18-40-20-9-17-39/h26-34,40-42H,7-25,39H2,1-6H3/t28?,29?,30-,31?,32?,33-,34?,37-,38+/m1/s1. The van der Waals surface area contributed by atoms with Crippen molar-refractivity contribution in [3.63, 3.8) is 0 Å². The highest BCUT2D eigenvalue weighted by Gasteiger charge is 2.63. The normalized spacial score (nSPS) is 35.5. The first-order valence-electron chi connectivity index (χ1n) is 19.2. The van der Waals surface area contributed by atoms with Gasteiger partial charge in [0.25, 0.3) is 0 Å². The average Bonchev–Trinajstić information content (AvgIpc) is 3.36. The van der Waals surface area contributed by atoms with Crippen LogP contribution in [0.2, 0.25) is 0 Å². The van der Waals surface area contributed by atoms with Crippen LogP contribution in [0, 0.1) is 52.3 Å². The van der Waals surface area contributed by atoms with Crippen LogP contribution in [0.3, 0.4) is 0 Å². The maximum Gasteiger partial charge on any atom is 0.308 e. The van der Waals surface area contributed by atoms with Crippen LogP contribution in [0.5, 0.6) is 0 Å². The van der Waals surface area contributed by atoms with Crippen molar-refractivity contribution < 1.29 is 19.1 Å². The Labute approximate surface area is 281 Å². The number of rotatable bonds is 18. The summed E-state index contributed by atoms with van der Waals surface area (Å²) in [6.07, 6.45) is 14.0. The van der Waals surface area contributed by atoms with E-state index >= 15 is 0 Å². The minimum absolute atomic E-state index is 0.00150. The molecule has 0 aliphatic heterocycles. The molecule has 4 aliphatic carbocycles. The minimum atomic E-state index is -0.110. The zero-order chi connectivity index (χ0) is 33.3. The van der Waals surface area contributed by atoms with Gasteiger partial charge in [-0.3, -0.25) is 9.59 Å². The van der Waals surface area contributed by atoms with Crippen LogP contribution in [0.1, 0.15) is 119 Å². The summed E-state index contributed by atoms with van der Waals surface area (Å²) in [5.74, 6) is 2.16. The van der Waals surface area contributed by atoms with Crippen LogP contribution in [-0.4, -0.2) is 70.0 Å². The van der Waals surface area contributed by atoms with E-state index in [1.807, 2.05) is 27.7 Å². The molecule has 5 N–H and O–H groups in total. The lowest BCUT2D eigenvalue weighted by molar-refractivity contribution is -0.194. The number of carbonyl (C=O) groups excluding carboxylic acids is 2. The molecule has 0 aromatic carbocycles. The van der Waals surface area contributed by atoms with E-state index in [2.05, 4.69) is 29.8 Å². The van der Waals surface area contributed by atoms with Crippen molar-refractivity contribution >= 4 is 11.9 Å². The minimum Gasteiger partial charge on any atom is -0.465 e. The summed E-state index contributed by atoms with van der Waals surface area (Å²) in [6.45, 7) is 19.4. The molecule has 0 heterocycles. The number of hydrogen-bond acceptors (Lipinski definition) is 8. The summed E-state index contributed by atoms with van der Waals surface area (Å²) in [4.78, 5) is 25.4. The SMILES string of the molecule is CC(C)C(=O)OCC1CCC2C3C(CC[C@]12C)[C@@]1(C)CC[C@@H](NCCCNCCCCNCCCN)CC1C[C@H]3OC(=O)C(C)C. The molecule has 0 spiro atoms. The molecule has 4 rings (SSSR count). The number of hydrogen-bond donors (Lipinski definition) is 4. The maximum atomic E-state index is 13.1. The molecule has 266 valence electrons. The Kier molecular flexibility index (Phi) is 14.3. The summed E-state index contributed by atoms with van der Waals surface area (Å²) in [6, 6.07) is 0.552. The van der Waals surface area contributed by atoms with Crippen molar-refractivity contribution in [3.05, 3.63) is 0 Å². The largest absolute Gasteiger partial charge is 0.465 e.